The summed E-state index contributed by atoms with van der Waals surface area (Å²) >= 11 is 0. The zero-order chi connectivity index (χ0) is 9.83. The van der Waals surface area contributed by atoms with E-state index in [1.807, 2.05) is 0 Å². The third kappa shape index (κ3) is 9.84. The Morgan fingerprint density at radius 2 is 1.83 bits per heavy atom. The van der Waals surface area contributed by atoms with Gasteiger partial charge in [-0.05, 0) is 18.3 Å². The highest BCUT2D eigenvalue weighted by atomic mass is 32.3. The molecule has 1 N–H and O–H groups in total. The van der Waals surface area contributed by atoms with Crippen molar-refractivity contribution in [3.63, 3.8) is 0 Å². The second-order valence-corrected chi connectivity index (χ2v) is 5.16. The van der Waals surface area contributed by atoms with Crippen LogP contribution in [0.15, 0.2) is 0 Å². The van der Waals surface area contributed by atoms with Gasteiger partial charge in [-0.15, -0.1) is 0 Å². The molecule has 0 radical (unpaired) electrons. The van der Waals surface area contributed by atoms with E-state index >= 15 is 0 Å². The molecular formula is C7H16FNO2S. The molecule has 12 heavy (non-hydrogen) atoms. The molecule has 0 aliphatic carbocycles. The first-order valence-electron chi connectivity index (χ1n) is 3.90. The maximum absolute atomic E-state index is 11.9. The average Bonchev–Trinajstić information content (AvgIpc) is 1.76. The second kappa shape index (κ2) is 4.18. The van der Waals surface area contributed by atoms with Crippen molar-refractivity contribution in [2.75, 3.05) is 6.54 Å². The molecule has 0 aliphatic rings. The fourth-order valence-electron chi connectivity index (χ4n) is 0.813. The summed E-state index contributed by atoms with van der Waals surface area (Å²) in [5.74, 6) is 0. The van der Waals surface area contributed by atoms with Crippen LogP contribution in [0.5, 0.6) is 0 Å². The van der Waals surface area contributed by atoms with Crippen LogP contribution in [0.1, 0.15) is 33.6 Å². The average molecular weight is 197 g/mol. The first-order valence-corrected chi connectivity index (χ1v) is 5.28. The normalized spacial score (nSPS) is 13.3. The van der Waals surface area contributed by atoms with Gasteiger partial charge in [0, 0.05) is 6.54 Å². The van der Waals surface area contributed by atoms with Gasteiger partial charge < -0.3 is 0 Å². The third-order valence-electron chi connectivity index (χ3n) is 1.38. The molecule has 0 aromatic heterocycles. The Balaban J connectivity index is 3.48. The molecule has 0 unspecified atom stereocenters. The van der Waals surface area contributed by atoms with Crippen LogP contribution >= 0.6 is 0 Å². The summed E-state index contributed by atoms with van der Waals surface area (Å²) < 4.78 is 33.6. The van der Waals surface area contributed by atoms with E-state index in [1.165, 1.54) is 0 Å². The van der Waals surface area contributed by atoms with Crippen molar-refractivity contribution in [2.45, 2.75) is 33.6 Å². The monoisotopic (exact) mass is 197 g/mol. The van der Waals surface area contributed by atoms with Crippen LogP contribution in [0.2, 0.25) is 0 Å². The Bertz CT molecular complexity index is 218. The maximum Gasteiger partial charge on any atom is 0.372 e. The molecule has 0 rings (SSSR count). The van der Waals surface area contributed by atoms with Crippen molar-refractivity contribution in [2.24, 2.45) is 5.41 Å². The summed E-state index contributed by atoms with van der Waals surface area (Å²) in [6.45, 7) is 6.33. The highest BCUT2D eigenvalue weighted by molar-refractivity contribution is 7.84. The van der Waals surface area contributed by atoms with Crippen molar-refractivity contribution >= 4 is 10.4 Å². The summed E-state index contributed by atoms with van der Waals surface area (Å²) in [7, 11) is -4.49. The lowest BCUT2D eigenvalue weighted by atomic mass is 9.91. The number of hydrogen-bond acceptors (Lipinski definition) is 2. The predicted octanol–water partition coefficient (Wildman–Crippen LogP) is 1.62. The van der Waals surface area contributed by atoms with Crippen molar-refractivity contribution in [3.8, 4) is 0 Å². The van der Waals surface area contributed by atoms with E-state index in [-0.39, 0.29) is 12.0 Å². The summed E-state index contributed by atoms with van der Waals surface area (Å²) in [6.07, 6.45) is 1.53. The van der Waals surface area contributed by atoms with Gasteiger partial charge in [0.15, 0.2) is 0 Å². The van der Waals surface area contributed by atoms with Gasteiger partial charge in [-0.25, -0.2) is 0 Å². The Morgan fingerprint density at radius 1 is 1.33 bits per heavy atom. The first kappa shape index (κ1) is 11.8. The molecule has 0 atom stereocenters. The van der Waals surface area contributed by atoms with Gasteiger partial charge in [0.25, 0.3) is 0 Å². The van der Waals surface area contributed by atoms with E-state index in [0.29, 0.717) is 6.42 Å². The second-order valence-electron chi connectivity index (χ2n) is 4.00. The van der Waals surface area contributed by atoms with E-state index in [2.05, 4.69) is 20.8 Å². The van der Waals surface area contributed by atoms with Crippen molar-refractivity contribution < 1.29 is 12.3 Å². The van der Waals surface area contributed by atoms with Crippen LogP contribution in [-0.4, -0.2) is 15.0 Å². The molecule has 0 bridgehead atoms. The van der Waals surface area contributed by atoms with E-state index in [1.54, 1.807) is 4.72 Å². The highest BCUT2D eigenvalue weighted by Gasteiger charge is 2.10. The van der Waals surface area contributed by atoms with E-state index in [9.17, 15) is 12.3 Å². The zero-order valence-corrected chi connectivity index (χ0v) is 8.54. The first-order chi connectivity index (χ1) is 5.21. The summed E-state index contributed by atoms with van der Waals surface area (Å²) in [6, 6.07) is 0. The molecule has 0 aromatic rings. The summed E-state index contributed by atoms with van der Waals surface area (Å²) in [5, 5.41) is 0. The topological polar surface area (TPSA) is 46.2 Å². The Labute approximate surface area is 73.7 Å². The molecule has 0 heterocycles. The zero-order valence-electron chi connectivity index (χ0n) is 7.72. The van der Waals surface area contributed by atoms with Gasteiger partial charge in [-0.3, -0.25) is 0 Å². The molecule has 0 aromatic carbocycles. The predicted molar refractivity (Wildman–Crippen MR) is 46.7 cm³/mol. The third-order valence-corrected chi connectivity index (χ3v) is 1.93. The Morgan fingerprint density at radius 3 is 2.17 bits per heavy atom. The molecule has 74 valence electrons. The maximum atomic E-state index is 11.9. The van der Waals surface area contributed by atoms with Gasteiger partial charge in [0.1, 0.15) is 0 Å². The van der Waals surface area contributed by atoms with Crippen LogP contribution < -0.4 is 4.72 Å². The minimum absolute atomic E-state index is 0.168. The summed E-state index contributed by atoms with van der Waals surface area (Å²) in [5.41, 5.74) is 0.168. The van der Waals surface area contributed by atoms with E-state index in [0.717, 1.165) is 6.42 Å². The number of halogens is 1. The highest BCUT2D eigenvalue weighted by Crippen LogP contribution is 2.19. The van der Waals surface area contributed by atoms with Gasteiger partial charge in [-0.1, -0.05) is 24.7 Å². The van der Waals surface area contributed by atoms with Crippen LogP contribution in [0.4, 0.5) is 3.89 Å². The molecule has 0 fully saturated rings. The van der Waals surface area contributed by atoms with Crippen LogP contribution in [0.3, 0.4) is 0 Å². The van der Waals surface area contributed by atoms with Crippen molar-refractivity contribution in [1.29, 1.82) is 0 Å². The van der Waals surface area contributed by atoms with Crippen molar-refractivity contribution in [3.05, 3.63) is 0 Å². The lowest BCUT2D eigenvalue weighted by Crippen LogP contribution is -2.21. The molecule has 0 spiro atoms. The minimum atomic E-state index is -4.49. The number of rotatable bonds is 4. The van der Waals surface area contributed by atoms with Crippen LogP contribution in [0, 0.1) is 5.41 Å². The number of hydrogen-bond donors (Lipinski definition) is 1. The van der Waals surface area contributed by atoms with Crippen LogP contribution in [-0.2, 0) is 10.4 Å². The minimum Gasteiger partial charge on any atom is -0.188 e. The molecule has 0 saturated heterocycles. The van der Waals surface area contributed by atoms with Gasteiger partial charge in [-0.2, -0.15) is 13.1 Å². The van der Waals surface area contributed by atoms with Crippen LogP contribution in [0.25, 0.3) is 0 Å². The summed E-state index contributed by atoms with van der Waals surface area (Å²) in [4.78, 5) is 0. The van der Waals surface area contributed by atoms with Gasteiger partial charge in [0.2, 0.25) is 0 Å². The molecule has 3 nitrogen and oxygen atoms in total. The fraction of sp³-hybridized carbons (Fsp3) is 1.00. The standard InChI is InChI=1S/C7H16FNO2S/c1-7(2,3)5-4-6-9-12(8,10)11/h9H,4-6H2,1-3H3. The molecule has 5 heteroatoms. The number of nitrogens with one attached hydrogen (secondary N) is 1. The van der Waals surface area contributed by atoms with Gasteiger partial charge >= 0.3 is 10.4 Å². The molecule has 0 amide bonds. The van der Waals surface area contributed by atoms with Gasteiger partial charge in [0.05, 0.1) is 0 Å². The quantitative estimate of drug-likeness (QED) is 0.550. The lowest BCUT2D eigenvalue weighted by molar-refractivity contribution is 0.365. The molecule has 0 aliphatic heterocycles. The van der Waals surface area contributed by atoms with E-state index in [4.69, 9.17) is 0 Å². The fourth-order valence-corrected chi connectivity index (χ4v) is 1.20. The Hall–Kier alpha value is -0.160. The largest absolute Gasteiger partial charge is 0.372 e. The smallest absolute Gasteiger partial charge is 0.188 e. The van der Waals surface area contributed by atoms with E-state index < -0.39 is 10.4 Å². The molecule has 0 saturated carbocycles. The SMILES string of the molecule is CC(C)(C)CCCNS(=O)(=O)F. The lowest BCUT2D eigenvalue weighted by Gasteiger charge is -2.17. The Kier molecular flexibility index (Phi) is 4.13. The van der Waals surface area contributed by atoms with Crippen molar-refractivity contribution in [1.82, 2.24) is 4.72 Å². The molecular weight excluding hydrogens is 181 g/mol.